The predicted molar refractivity (Wildman–Crippen MR) is 102 cm³/mol. The number of benzene rings is 2. The van der Waals surface area contributed by atoms with Crippen LogP contribution in [0.4, 0.5) is 11.4 Å². The first-order chi connectivity index (χ1) is 12.3. The molecule has 0 bridgehead atoms. The molecular weight excluding hydrogens is 354 g/mol. The molecule has 0 saturated carbocycles. The third-order valence-corrected chi connectivity index (χ3v) is 4.44. The van der Waals surface area contributed by atoms with Gasteiger partial charge in [-0.05, 0) is 36.1 Å². The highest BCUT2D eigenvalue weighted by Crippen LogP contribution is 2.25. The number of carbonyl (C=O) groups excluding carboxylic acids is 2. The third kappa shape index (κ3) is 4.82. The van der Waals surface area contributed by atoms with Gasteiger partial charge >= 0.3 is 0 Å². The Hall–Kier alpha value is -2.87. The lowest BCUT2D eigenvalue weighted by atomic mass is 10.1. The molecule has 2 aromatic rings. The van der Waals surface area contributed by atoms with E-state index in [-0.39, 0.29) is 23.6 Å². The maximum Gasteiger partial charge on any atom is 0.282 e. The number of amides is 2. The molecule has 0 aromatic heterocycles. The molecule has 0 aliphatic heterocycles. The Morgan fingerprint density at radius 2 is 1.81 bits per heavy atom. The number of thioether (sulfide) groups is 1. The van der Waals surface area contributed by atoms with E-state index in [1.807, 2.05) is 6.26 Å². The zero-order valence-electron chi connectivity index (χ0n) is 14.7. The number of hydrogen-bond donors (Lipinski definition) is 1. The van der Waals surface area contributed by atoms with Crippen molar-refractivity contribution in [1.29, 1.82) is 0 Å². The van der Waals surface area contributed by atoms with Gasteiger partial charge in [0, 0.05) is 30.7 Å². The second kappa shape index (κ2) is 8.48. The van der Waals surface area contributed by atoms with Crippen molar-refractivity contribution in [1.82, 2.24) is 4.90 Å². The van der Waals surface area contributed by atoms with E-state index in [2.05, 4.69) is 5.32 Å². The highest BCUT2D eigenvalue weighted by atomic mass is 32.2. The van der Waals surface area contributed by atoms with Gasteiger partial charge in [-0.2, -0.15) is 0 Å². The maximum atomic E-state index is 12.5. The van der Waals surface area contributed by atoms with Crippen molar-refractivity contribution in [3.8, 4) is 0 Å². The number of nitro benzene ring substituents is 1. The van der Waals surface area contributed by atoms with E-state index in [9.17, 15) is 19.7 Å². The first-order valence-corrected chi connectivity index (χ1v) is 8.97. The van der Waals surface area contributed by atoms with Gasteiger partial charge in [0.05, 0.1) is 11.3 Å². The van der Waals surface area contributed by atoms with Crippen LogP contribution in [0.25, 0.3) is 0 Å². The Labute approximate surface area is 155 Å². The average molecular weight is 373 g/mol. The highest BCUT2D eigenvalue weighted by Gasteiger charge is 2.20. The molecule has 1 N–H and O–H groups in total. The van der Waals surface area contributed by atoms with Gasteiger partial charge in [0.1, 0.15) is 5.56 Å². The first kappa shape index (κ1) is 19.5. The predicted octanol–water partition coefficient (Wildman–Crippen LogP) is 3.20. The monoisotopic (exact) mass is 373 g/mol. The van der Waals surface area contributed by atoms with Crippen LogP contribution in [0, 0.1) is 10.1 Å². The lowest BCUT2D eigenvalue weighted by Gasteiger charge is -2.11. The molecule has 0 saturated heterocycles. The van der Waals surface area contributed by atoms with Crippen molar-refractivity contribution in [3.63, 3.8) is 0 Å². The molecule has 2 rings (SSSR count). The van der Waals surface area contributed by atoms with E-state index in [1.54, 1.807) is 44.4 Å². The summed E-state index contributed by atoms with van der Waals surface area (Å²) >= 11 is 1.40. The summed E-state index contributed by atoms with van der Waals surface area (Å²) in [5.41, 5.74) is 1.08. The summed E-state index contributed by atoms with van der Waals surface area (Å²) in [7, 11) is 3.37. The molecule has 8 heteroatoms. The molecule has 0 heterocycles. The molecule has 0 aliphatic carbocycles. The summed E-state index contributed by atoms with van der Waals surface area (Å²) in [5.74, 6) is -0.573. The lowest BCUT2D eigenvalue weighted by Crippen LogP contribution is -2.23. The summed E-state index contributed by atoms with van der Waals surface area (Å²) in [6, 6.07) is 11.3. The number of nitrogens with zero attached hydrogens (tertiary/aromatic N) is 2. The van der Waals surface area contributed by atoms with Crippen LogP contribution in [0.15, 0.2) is 47.4 Å². The van der Waals surface area contributed by atoms with E-state index in [1.165, 1.54) is 28.8 Å². The van der Waals surface area contributed by atoms with Crippen molar-refractivity contribution < 1.29 is 14.5 Å². The van der Waals surface area contributed by atoms with Gasteiger partial charge in [-0.3, -0.25) is 19.7 Å². The summed E-state index contributed by atoms with van der Waals surface area (Å²) in [4.78, 5) is 37.0. The number of hydrogen-bond acceptors (Lipinski definition) is 5. The fraction of sp³-hybridized carbons (Fsp3) is 0.222. The lowest BCUT2D eigenvalue weighted by molar-refractivity contribution is -0.385. The molecule has 0 fully saturated rings. The molecule has 2 amide bonds. The quantitative estimate of drug-likeness (QED) is 0.477. The number of likely N-dealkylation sites (N-methyl/N-ethyl adjacent to an activating group) is 1. The van der Waals surface area contributed by atoms with E-state index in [0.29, 0.717) is 5.69 Å². The SMILES string of the molecule is CSc1ccc([N+](=O)[O-])c(C(=O)Nc2ccc(CC(=O)N(C)C)cc2)c1. The Morgan fingerprint density at radius 1 is 1.15 bits per heavy atom. The van der Waals surface area contributed by atoms with Gasteiger partial charge in [-0.25, -0.2) is 0 Å². The number of rotatable bonds is 6. The minimum absolute atomic E-state index is 0.00807. The Morgan fingerprint density at radius 3 is 2.35 bits per heavy atom. The Bertz CT molecular complexity index is 835. The van der Waals surface area contributed by atoms with Crippen LogP contribution in [0.1, 0.15) is 15.9 Å². The molecule has 7 nitrogen and oxygen atoms in total. The van der Waals surface area contributed by atoms with E-state index in [4.69, 9.17) is 0 Å². The van der Waals surface area contributed by atoms with Gasteiger partial charge in [-0.15, -0.1) is 11.8 Å². The number of carbonyl (C=O) groups is 2. The topological polar surface area (TPSA) is 92.5 Å². The van der Waals surface area contributed by atoms with Crippen molar-refractivity contribution in [2.45, 2.75) is 11.3 Å². The van der Waals surface area contributed by atoms with Crippen LogP contribution in [-0.4, -0.2) is 42.0 Å². The summed E-state index contributed by atoms with van der Waals surface area (Å²) in [6.45, 7) is 0. The second-order valence-electron chi connectivity index (χ2n) is 5.76. The average Bonchev–Trinajstić information content (AvgIpc) is 2.62. The smallest absolute Gasteiger partial charge is 0.282 e. The standard InChI is InChI=1S/C18H19N3O4S/c1-20(2)17(22)10-12-4-6-13(7-5-12)19-18(23)15-11-14(26-3)8-9-16(15)21(24)25/h4-9,11H,10H2,1-3H3,(H,19,23). The summed E-state index contributed by atoms with van der Waals surface area (Å²) < 4.78 is 0. The zero-order valence-corrected chi connectivity index (χ0v) is 15.5. The van der Waals surface area contributed by atoms with Crippen molar-refractivity contribution >= 4 is 35.0 Å². The van der Waals surface area contributed by atoms with Gasteiger partial charge in [0.25, 0.3) is 11.6 Å². The molecule has 0 spiro atoms. The highest BCUT2D eigenvalue weighted by molar-refractivity contribution is 7.98. The van der Waals surface area contributed by atoms with Gasteiger partial charge in [-0.1, -0.05) is 12.1 Å². The molecule has 136 valence electrons. The van der Waals surface area contributed by atoms with Gasteiger partial charge < -0.3 is 10.2 Å². The number of nitro groups is 1. The van der Waals surface area contributed by atoms with Crippen LogP contribution in [-0.2, 0) is 11.2 Å². The van der Waals surface area contributed by atoms with Crippen molar-refractivity contribution in [2.24, 2.45) is 0 Å². The zero-order chi connectivity index (χ0) is 19.3. The summed E-state index contributed by atoms with van der Waals surface area (Å²) in [6.07, 6.45) is 2.10. The van der Waals surface area contributed by atoms with Crippen molar-refractivity contribution in [3.05, 3.63) is 63.7 Å². The largest absolute Gasteiger partial charge is 0.349 e. The third-order valence-electron chi connectivity index (χ3n) is 3.71. The van der Waals surface area contributed by atoms with E-state index < -0.39 is 10.8 Å². The Balaban J connectivity index is 2.17. The Kier molecular flexibility index (Phi) is 6.35. The maximum absolute atomic E-state index is 12.5. The molecule has 2 aromatic carbocycles. The van der Waals surface area contributed by atoms with Crippen LogP contribution >= 0.6 is 11.8 Å². The molecule has 0 radical (unpaired) electrons. The molecular formula is C18H19N3O4S. The number of anilines is 1. The fourth-order valence-electron chi connectivity index (χ4n) is 2.22. The minimum Gasteiger partial charge on any atom is -0.349 e. The van der Waals surface area contributed by atoms with E-state index in [0.717, 1.165) is 10.5 Å². The van der Waals surface area contributed by atoms with E-state index >= 15 is 0 Å². The number of nitrogens with one attached hydrogen (secondary N) is 1. The molecule has 0 atom stereocenters. The first-order valence-electron chi connectivity index (χ1n) is 7.74. The van der Waals surface area contributed by atoms with Crippen LogP contribution in [0.3, 0.4) is 0 Å². The van der Waals surface area contributed by atoms with Crippen molar-refractivity contribution in [2.75, 3.05) is 25.7 Å². The fourth-order valence-corrected chi connectivity index (χ4v) is 2.66. The normalized spacial score (nSPS) is 10.3. The molecule has 26 heavy (non-hydrogen) atoms. The molecule has 0 unspecified atom stereocenters. The van der Waals surface area contributed by atoms with Gasteiger partial charge in [0.2, 0.25) is 5.91 Å². The summed E-state index contributed by atoms with van der Waals surface area (Å²) in [5, 5.41) is 13.8. The minimum atomic E-state index is -0.574. The van der Waals surface area contributed by atoms with Crippen LogP contribution in [0.5, 0.6) is 0 Å². The van der Waals surface area contributed by atoms with Crippen LogP contribution < -0.4 is 5.32 Å². The van der Waals surface area contributed by atoms with Crippen LogP contribution in [0.2, 0.25) is 0 Å². The molecule has 0 aliphatic rings. The van der Waals surface area contributed by atoms with Gasteiger partial charge in [0.15, 0.2) is 0 Å². The second-order valence-corrected chi connectivity index (χ2v) is 6.64.